The van der Waals surface area contributed by atoms with Crippen LogP contribution in [0.1, 0.15) is 40.7 Å². The number of likely N-dealkylation sites (tertiary alicyclic amines) is 1. The van der Waals surface area contributed by atoms with Gasteiger partial charge < -0.3 is 15.5 Å². The Labute approximate surface area is 245 Å². The third-order valence-electron chi connectivity index (χ3n) is 7.94. The lowest BCUT2D eigenvalue weighted by atomic mass is 9.73. The summed E-state index contributed by atoms with van der Waals surface area (Å²) >= 11 is 5.91. The van der Waals surface area contributed by atoms with Crippen LogP contribution in [0, 0.1) is 5.92 Å². The van der Waals surface area contributed by atoms with Gasteiger partial charge in [-0.15, -0.1) is 0 Å². The molecule has 9 heteroatoms. The first kappa shape index (κ1) is 29.1. The summed E-state index contributed by atoms with van der Waals surface area (Å²) in [4.78, 5) is 28.6. The van der Waals surface area contributed by atoms with E-state index in [-0.39, 0.29) is 18.4 Å². The van der Waals surface area contributed by atoms with Crippen molar-refractivity contribution in [2.24, 2.45) is 5.92 Å². The molecule has 1 fully saturated rings. The third kappa shape index (κ3) is 6.26. The average molecular weight is 598 g/mol. The minimum Gasteiger partial charge on any atom is -0.352 e. The molecule has 0 spiro atoms. The van der Waals surface area contributed by atoms with Crippen molar-refractivity contribution >= 4 is 41.9 Å². The van der Waals surface area contributed by atoms with Gasteiger partial charge in [-0.05, 0) is 65.9 Å². The summed E-state index contributed by atoms with van der Waals surface area (Å²) in [5.74, 6) is 0.197. The molecule has 0 aromatic heterocycles. The molecule has 1 saturated heterocycles. The monoisotopic (exact) mass is 597 g/mol. The zero-order valence-electron chi connectivity index (χ0n) is 22.3. The number of hydrogen-bond acceptors (Lipinski definition) is 3. The van der Waals surface area contributed by atoms with E-state index < -0.39 is 10.6 Å². The van der Waals surface area contributed by atoms with E-state index in [0.717, 1.165) is 54.7 Å². The van der Waals surface area contributed by atoms with E-state index in [0.29, 0.717) is 29.5 Å². The summed E-state index contributed by atoms with van der Waals surface area (Å²) in [7, 11) is 4.26. The minimum absolute atomic E-state index is 0.0795. The van der Waals surface area contributed by atoms with E-state index >= 15 is 0 Å². The summed E-state index contributed by atoms with van der Waals surface area (Å²) in [5.41, 5.74) is 3.89. The molecule has 0 radical (unpaired) electrons. The summed E-state index contributed by atoms with van der Waals surface area (Å²) in [5, 5.41) is 4.87. The molecule has 2 atom stereocenters. The van der Waals surface area contributed by atoms with Crippen LogP contribution in [-0.4, -0.2) is 54.6 Å². The molecule has 2 unspecified atom stereocenters. The number of rotatable bonds is 11. The van der Waals surface area contributed by atoms with Crippen molar-refractivity contribution in [1.82, 2.24) is 15.5 Å². The van der Waals surface area contributed by atoms with Gasteiger partial charge in [0.25, 0.3) is 5.91 Å². The van der Waals surface area contributed by atoms with E-state index in [9.17, 15) is 14.0 Å². The van der Waals surface area contributed by atoms with Crippen LogP contribution < -0.4 is 10.6 Å². The Morgan fingerprint density at radius 3 is 2.12 bits per heavy atom. The lowest BCUT2D eigenvalue weighted by Gasteiger charge is -2.39. The molecule has 1 heterocycles. The van der Waals surface area contributed by atoms with Crippen molar-refractivity contribution in [1.29, 1.82) is 0 Å². The normalized spacial score (nSPS) is 16.1. The maximum atomic E-state index is 14.3. The highest BCUT2D eigenvalue weighted by Crippen LogP contribution is 2.51. The molecular weight excluding hydrogens is 563 g/mol. The highest BCUT2D eigenvalue weighted by molar-refractivity contribution is 7.39. The smallest absolute Gasteiger partial charge is 0.251 e. The second kappa shape index (κ2) is 12.2. The fraction of sp³-hybridized carbons (Fsp3) is 0.355. The molecule has 1 aliphatic heterocycles. The molecule has 3 aromatic carbocycles. The van der Waals surface area contributed by atoms with Crippen molar-refractivity contribution in [2.45, 2.75) is 29.8 Å². The van der Waals surface area contributed by atoms with E-state index in [2.05, 4.69) is 46.1 Å². The van der Waals surface area contributed by atoms with Gasteiger partial charge >= 0.3 is 0 Å². The maximum absolute atomic E-state index is 14.3. The van der Waals surface area contributed by atoms with Crippen LogP contribution in [0.25, 0.3) is 11.1 Å². The van der Waals surface area contributed by atoms with Crippen LogP contribution in [0.15, 0.2) is 72.8 Å². The number of amides is 2. The molecule has 2 N–H and O–H groups in total. The maximum Gasteiger partial charge on any atom is 0.251 e. The minimum atomic E-state index is -1.66. The number of hydrogen-bond donors (Lipinski definition) is 2. The fourth-order valence-electron chi connectivity index (χ4n) is 5.97. The number of nitrogens with one attached hydrogen (secondary N) is 2. The van der Waals surface area contributed by atoms with Crippen LogP contribution >= 0.6 is 30.1 Å². The molecule has 2 amide bonds. The van der Waals surface area contributed by atoms with E-state index in [4.69, 9.17) is 11.6 Å². The first-order valence-corrected chi connectivity index (χ1v) is 15.2. The van der Waals surface area contributed by atoms with Crippen LogP contribution in [0.2, 0.25) is 5.02 Å². The molecule has 1 aliphatic carbocycles. The molecule has 40 heavy (non-hydrogen) atoms. The van der Waals surface area contributed by atoms with Crippen molar-refractivity contribution < 1.29 is 14.0 Å². The quantitative estimate of drug-likeness (QED) is 0.223. The molecule has 5 nitrogen and oxygen atoms in total. The summed E-state index contributed by atoms with van der Waals surface area (Å²) < 4.78 is 14.3. The predicted octanol–water partition coefficient (Wildman–Crippen LogP) is 5.63. The van der Waals surface area contributed by atoms with Crippen molar-refractivity contribution in [3.8, 4) is 11.1 Å². The molecule has 0 saturated carbocycles. The van der Waals surface area contributed by atoms with Crippen LogP contribution in [0.5, 0.6) is 0 Å². The Bertz CT molecular complexity index is 1330. The van der Waals surface area contributed by atoms with Gasteiger partial charge in [0.05, 0.1) is 6.54 Å². The van der Waals surface area contributed by atoms with E-state index in [1.54, 1.807) is 24.3 Å². The SMILES string of the molecule is O=C(NCC1CN(CCCCC2(C(=O)NCC(F)(P)P)c3ccccc3-c3ccccc32)C1)c1ccc(Cl)cc1. The number of nitrogens with zero attached hydrogens (tertiary/aromatic N) is 1. The van der Waals surface area contributed by atoms with Gasteiger partial charge in [0.2, 0.25) is 5.91 Å². The number of unbranched alkanes of at least 4 members (excludes halogenated alkanes) is 1. The van der Waals surface area contributed by atoms with Crippen LogP contribution in [-0.2, 0) is 10.2 Å². The summed E-state index contributed by atoms with van der Waals surface area (Å²) in [6.07, 6.45) is 2.45. The van der Waals surface area contributed by atoms with Gasteiger partial charge in [-0.1, -0.05) is 85.0 Å². The Morgan fingerprint density at radius 2 is 1.52 bits per heavy atom. The molecule has 3 aromatic rings. The average Bonchev–Trinajstić information content (AvgIpc) is 3.21. The standard InChI is InChI=1S/C31H35ClFN3O2P2/c32-23-13-11-22(12-14-23)28(37)34-17-21-18-36(19-21)16-6-5-15-30(29(38)35-20-31(33,39)40)26-9-3-1-7-24(26)25-8-2-4-10-27(25)30/h1-4,7-14,21H,5-6,15-20,39-40H2,(H,34,37)(H,35,38). The van der Waals surface area contributed by atoms with Crippen molar-refractivity contribution in [3.63, 3.8) is 0 Å². The predicted molar refractivity (Wildman–Crippen MR) is 166 cm³/mol. The van der Waals surface area contributed by atoms with Gasteiger partial charge in [0.15, 0.2) is 5.15 Å². The number of fused-ring (bicyclic) bond motifs is 3. The zero-order valence-corrected chi connectivity index (χ0v) is 25.4. The number of alkyl halides is 1. The molecule has 0 bridgehead atoms. The van der Waals surface area contributed by atoms with Gasteiger partial charge in [-0.3, -0.25) is 9.59 Å². The van der Waals surface area contributed by atoms with Gasteiger partial charge in [0.1, 0.15) is 5.41 Å². The second-order valence-electron chi connectivity index (χ2n) is 10.9. The van der Waals surface area contributed by atoms with Crippen molar-refractivity contribution in [3.05, 3.63) is 94.5 Å². The van der Waals surface area contributed by atoms with Gasteiger partial charge in [-0.2, -0.15) is 0 Å². The number of benzene rings is 3. The topological polar surface area (TPSA) is 61.4 Å². The Kier molecular flexibility index (Phi) is 8.92. The zero-order chi connectivity index (χ0) is 28.3. The Morgan fingerprint density at radius 1 is 0.925 bits per heavy atom. The molecule has 5 rings (SSSR count). The van der Waals surface area contributed by atoms with Crippen molar-refractivity contribution in [2.75, 3.05) is 32.7 Å². The first-order chi connectivity index (χ1) is 19.2. The fourth-order valence-corrected chi connectivity index (χ4v) is 6.30. The highest BCUT2D eigenvalue weighted by atomic mass is 35.5. The lowest BCUT2D eigenvalue weighted by molar-refractivity contribution is -0.125. The number of carbonyl (C=O) groups is 2. The number of carbonyl (C=O) groups excluding carboxylic acids is 2. The van der Waals surface area contributed by atoms with Gasteiger partial charge in [-0.25, -0.2) is 4.39 Å². The largest absolute Gasteiger partial charge is 0.352 e. The van der Waals surface area contributed by atoms with Crippen LogP contribution in [0.4, 0.5) is 4.39 Å². The van der Waals surface area contributed by atoms with E-state index in [1.807, 2.05) is 36.4 Å². The Hall–Kier alpha value is -2.36. The Balaban J connectivity index is 1.18. The second-order valence-corrected chi connectivity index (χ2v) is 13.9. The highest BCUT2D eigenvalue weighted by Gasteiger charge is 2.48. The summed E-state index contributed by atoms with van der Waals surface area (Å²) in [6.45, 7) is 3.37. The lowest BCUT2D eigenvalue weighted by Crippen LogP contribution is -2.51. The summed E-state index contributed by atoms with van der Waals surface area (Å²) in [6, 6.07) is 23.1. The molecule has 2 aliphatic rings. The molecule has 210 valence electrons. The van der Waals surface area contributed by atoms with E-state index in [1.165, 1.54) is 0 Å². The first-order valence-electron chi connectivity index (χ1n) is 13.7. The van der Waals surface area contributed by atoms with Gasteiger partial charge in [0, 0.05) is 36.1 Å². The van der Waals surface area contributed by atoms with Crippen LogP contribution in [0.3, 0.4) is 0 Å². The molecular formula is C31H35ClFN3O2P2. The third-order valence-corrected chi connectivity index (χ3v) is 8.60. The number of halogens is 2.